The van der Waals surface area contributed by atoms with Crippen LogP contribution in [0.25, 0.3) is 11.3 Å². The molecule has 3 atom stereocenters. The summed E-state index contributed by atoms with van der Waals surface area (Å²) in [7, 11) is -3.32. The molecular formula is C16H18FN3O3S. The van der Waals surface area contributed by atoms with Gasteiger partial charge in [-0.2, -0.15) is 0 Å². The zero-order chi connectivity index (χ0) is 17.1. The van der Waals surface area contributed by atoms with Gasteiger partial charge in [0.25, 0.3) is 0 Å². The Morgan fingerprint density at radius 2 is 2.17 bits per heavy atom. The van der Waals surface area contributed by atoms with Crippen molar-refractivity contribution < 1.29 is 17.9 Å². The number of hydrogen-bond donors (Lipinski definition) is 1. The molecule has 0 aliphatic carbocycles. The van der Waals surface area contributed by atoms with Gasteiger partial charge in [-0.1, -0.05) is 6.07 Å². The topological polar surface area (TPSA) is 75.4 Å². The van der Waals surface area contributed by atoms with E-state index in [-0.39, 0.29) is 24.3 Å². The van der Waals surface area contributed by atoms with Crippen molar-refractivity contribution >= 4 is 10.0 Å². The van der Waals surface area contributed by atoms with Gasteiger partial charge in [-0.15, -0.1) is 0 Å². The second-order valence-electron chi connectivity index (χ2n) is 6.50. The highest BCUT2D eigenvalue weighted by molar-refractivity contribution is 7.88. The van der Waals surface area contributed by atoms with Crippen molar-refractivity contribution in [2.24, 2.45) is 5.92 Å². The lowest BCUT2D eigenvalue weighted by molar-refractivity contribution is 0.0358. The maximum Gasteiger partial charge on any atom is 0.211 e. The number of rotatable bonds is 2. The number of aliphatic hydroxyl groups is 1. The Balaban J connectivity index is 1.79. The maximum atomic E-state index is 13.7. The molecule has 1 saturated heterocycles. The van der Waals surface area contributed by atoms with Crippen LogP contribution in [0.5, 0.6) is 0 Å². The van der Waals surface area contributed by atoms with Gasteiger partial charge in [0, 0.05) is 24.6 Å². The van der Waals surface area contributed by atoms with Gasteiger partial charge < -0.3 is 9.67 Å². The van der Waals surface area contributed by atoms with E-state index in [0.717, 1.165) is 16.8 Å². The fourth-order valence-corrected chi connectivity index (χ4v) is 4.76. The molecule has 0 spiro atoms. The zero-order valence-electron chi connectivity index (χ0n) is 13.1. The van der Waals surface area contributed by atoms with Crippen LogP contribution >= 0.6 is 0 Å². The van der Waals surface area contributed by atoms with E-state index in [1.807, 2.05) is 4.57 Å². The molecule has 0 saturated carbocycles. The van der Waals surface area contributed by atoms with Gasteiger partial charge in [-0.05, 0) is 24.1 Å². The first-order valence-corrected chi connectivity index (χ1v) is 9.66. The van der Waals surface area contributed by atoms with Crippen LogP contribution in [0.1, 0.15) is 18.0 Å². The molecule has 1 aromatic heterocycles. The number of fused-ring (bicyclic) bond motifs is 3. The summed E-state index contributed by atoms with van der Waals surface area (Å²) in [6, 6.07) is 4.33. The molecule has 1 unspecified atom stereocenters. The number of sulfonamides is 1. The molecule has 1 aromatic carbocycles. The van der Waals surface area contributed by atoms with Crippen molar-refractivity contribution in [1.29, 1.82) is 0 Å². The lowest BCUT2D eigenvalue weighted by Gasteiger charge is -2.38. The average molecular weight is 351 g/mol. The summed E-state index contributed by atoms with van der Waals surface area (Å²) in [5.74, 6) is -0.641. The van der Waals surface area contributed by atoms with Crippen molar-refractivity contribution in [3.05, 3.63) is 42.1 Å². The number of hydrogen-bond acceptors (Lipinski definition) is 4. The average Bonchev–Trinajstić information content (AvgIpc) is 3.08. The minimum atomic E-state index is -3.32. The summed E-state index contributed by atoms with van der Waals surface area (Å²) in [6.45, 7) is 0.551. The maximum absolute atomic E-state index is 13.7. The highest BCUT2D eigenvalue weighted by Gasteiger charge is 2.42. The van der Waals surface area contributed by atoms with Crippen LogP contribution in [0.2, 0.25) is 0 Å². The molecule has 8 heteroatoms. The SMILES string of the molecule is CS(=O)(=O)N1CC[C@H](O)C([C@H]2c3ccc(F)cc3-c3cncn32)C1. The molecule has 3 heterocycles. The Morgan fingerprint density at radius 3 is 2.92 bits per heavy atom. The predicted molar refractivity (Wildman–Crippen MR) is 86.3 cm³/mol. The van der Waals surface area contributed by atoms with Crippen LogP contribution in [-0.2, 0) is 10.0 Å². The lowest BCUT2D eigenvalue weighted by Crippen LogP contribution is -2.48. The van der Waals surface area contributed by atoms with E-state index in [4.69, 9.17) is 0 Å². The summed E-state index contributed by atoms with van der Waals surface area (Å²) in [5.41, 5.74) is 2.44. The van der Waals surface area contributed by atoms with Crippen LogP contribution in [0.3, 0.4) is 0 Å². The van der Waals surface area contributed by atoms with Gasteiger partial charge in [0.05, 0.1) is 36.6 Å². The minimum Gasteiger partial charge on any atom is -0.393 e. The monoisotopic (exact) mass is 351 g/mol. The molecule has 0 bridgehead atoms. The van der Waals surface area contributed by atoms with E-state index in [0.29, 0.717) is 13.0 Å². The van der Waals surface area contributed by atoms with Crippen LogP contribution in [-0.4, -0.2) is 52.8 Å². The number of aromatic nitrogens is 2. The van der Waals surface area contributed by atoms with E-state index in [9.17, 15) is 17.9 Å². The molecule has 4 rings (SSSR count). The fraction of sp³-hybridized carbons (Fsp3) is 0.438. The van der Waals surface area contributed by atoms with Crippen molar-refractivity contribution in [2.75, 3.05) is 19.3 Å². The third-order valence-corrected chi connectivity index (χ3v) is 6.30. The number of halogens is 1. The minimum absolute atomic E-state index is 0.235. The third-order valence-electron chi connectivity index (χ3n) is 5.03. The second kappa shape index (κ2) is 5.37. The quantitative estimate of drug-likeness (QED) is 0.883. The molecular weight excluding hydrogens is 333 g/mol. The predicted octanol–water partition coefficient (Wildman–Crippen LogP) is 1.23. The number of imidazole rings is 1. The van der Waals surface area contributed by atoms with Crippen molar-refractivity contribution in [2.45, 2.75) is 18.6 Å². The molecule has 128 valence electrons. The number of nitrogens with zero attached hydrogens (tertiary/aromatic N) is 3. The Bertz CT molecular complexity index is 896. The smallest absolute Gasteiger partial charge is 0.211 e. The van der Waals surface area contributed by atoms with Crippen LogP contribution in [0.4, 0.5) is 4.39 Å². The first-order valence-electron chi connectivity index (χ1n) is 7.81. The standard InChI is InChI=1S/C16H18FN3O3S/c1-24(22,23)19-5-4-15(21)13(8-19)16-11-3-2-10(17)6-12(11)14-7-18-9-20(14)16/h2-3,6-7,9,13,15-16,21H,4-5,8H2,1H3/t13?,15-,16+/m0/s1. The van der Waals surface area contributed by atoms with Gasteiger partial charge in [-0.3, -0.25) is 0 Å². The van der Waals surface area contributed by atoms with Gasteiger partial charge >= 0.3 is 0 Å². The Hall–Kier alpha value is -1.77. The Labute approximate surface area is 139 Å². The van der Waals surface area contributed by atoms with E-state index >= 15 is 0 Å². The van der Waals surface area contributed by atoms with E-state index in [1.54, 1.807) is 18.6 Å². The fourth-order valence-electron chi connectivity index (χ4n) is 3.88. The molecule has 2 aromatic rings. The molecule has 24 heavy (non-hydrogen) atoms. The second-order valence-corrected chi connectivity index (χ2v) is 8.49. The van der Waals surface area contributed by atoms with Gasteiger partial charge in [0.15, 0.2) is 0 Å². The van der Waals surface area contributed by atoms with E-state index in [2.05, 4.69) is 4.98 Å². The highest BCUT2D eigenvalue weighted by Crippen LogP contribution is 2.45. The van der Waals surface area contributed by atoms with Crippen LogP contribution < -0.4 is 0 Å². The van der Waals surface area contributed by atoms with Gasteiger partial charge in [-0.25, -0.2) is 22.1 Å². The first-order chi connectivity index (χ1) is 11.4. The molecule has 1 N–H and O–H groups in total. The summed E-state index contributed by atoms with van der Waals surface area (Å²) >= 11 is 0. The molecule has 0 amide bonds. The lowest BCUT2D eigenvalue weighted by atomic mass is 9.85. The number of benzene rings is 1. The van der Waals surface area contributed by atoms with E-state index < -0.39 is 16.1 Å². The summed E-state index contributed by atoms with van der Waals surface area (Å²) in [4.78, 5) is 4.14. The van der Waals surface area contributed by atoms with E-state index in [1.165, 1.54) is 22.7 Å². The molecule has 2 aliphatic rings. The third kappa shape index (κ3) is 2.37. The number of piperidine rings is 1. The molecule has 6 nitrogen and oxygen atoms in total. The number of aliphatic hydroxyl groups excluding tert-OH is 1. The molecule has 0 radical (unpaired) electrons. The van der Waals surface area contributed by atoms with Crippen molar-refractivity contribution in [1.82, 2.24) is 13.9 Å². The zero-order valence-corrected chi connectivity index (χ0v) is 13.9. The molecule has 1 fully saturated rings. The Morgan fingerprint density at radius 1 is 1.38 bits per heavy atom. The summed E-state index contributed by atoms with van der Waals surface area (Å²) < 4.78 is 40.8. The summed E-state index contributed by atoms with van der Waals surface area (Å²) in [6.07, 6.45) is 4.27. The largest absolute Gasteiger partial charge is 0.393 e. The van der Waals surface area contributed by atoms with Crippen molar-refractivity contribution in [3.8, 4) is 11.3 Å². The van der Waals surface area contributed by atoms with Gasteiger partial charge in [0.2, 0.25) is 10.0 Å². The van der Waals surface area contributed by atoms with Gasteiger partial charge in [0.1, 0.15) is 5.82 Å². The highest BCUT2D eigenvalue weighted by atomic mass is 32.2. The first kappa shape index (κ1) is 15.7. The molecule has 2 aliphatic heterocycles. The van der Waals surface area contributed by atoms with Crippen LogP contribution in [0, 0.1) is 11.7 Å². The Kier molecular flexibility index (Phi) is 3.52. The summed E-state index contributed by atoms with van der Waals surface area (Å²) in [5, 5.41) is 10.5. The normalized spacial score (nSPS) is 27.0. The van der Waals surface area contributed by atoms with Crippen LogP contribution in [0.15, 0.2) is 30.7 Å². The van der Waals surface area contributed by atoms with Crippen molar-refractivity contribution in [3.63, 3.8) is 0 Å².